The summed E-state index contributed by atoms with van der Waals surface area (Å²) in [5.74, 6) is 0.0393. The van der Waals surface area contributed by atoms with Gasteiger partial charge in [0.2, 0.25) is 0 Å². The highest BCUT2D eigenvalue weighted by Gasteiger charge is 2.31. The number of β-amino-alcohol motifs (C(OH)–C–C–N with tert-alkyl or cyclic N) is 1. The number of piperidine rings is 1. The van der Waals surface area contributed by atoms with Gasteiger partial charge in [0.1, 0.15) is 0 Å². The highest BCUT2D eigenvalue weighted by molar-refractivity contribution is 7.17. The zero-order valence-corrected chi connectivity index (χ0v) is 11.7. The predicted molar refractivity (Wildman–Crippen MR) is 77.6 cm³/mol. The van der Waals surface area contributed by atoms with Crippen LogP contribution in [0.3, 0.4) is 0 Å². The van der Waals surface area contributed by atoms with Gasteiger partial charge in [0.05, 0.1) is 11.2 Å². The number of carbonyl (C=O) groups is 1. The zero-order chi connectivity index (χ0) is 13.5. The van der Waals surface area contributed by atoms with Crippen LogP contribution in [0.25, 0.3) is 10.1 Å². The SMILES string of the molecule is CC1(O)CCCN(C(=O)c2csc3ccccc23)C1. The van der Waals surface area contributed by atoms with Crippen molar-refractivity contribution in [3.05, 3.63) is 35.2 Å². The predicted octanol–water partition coefficient (Wildman–Crippen LogP) is 2.89. The number of rotatable bonds is 1. The molecule has 3 rings (SSSR count). The lowest BCUT2D eigenvalue weighted by molar-refractivity contribution is -0.0106. The highest BCUT2D eigenvalue weighted by atomic mass is 32.1. The molecule has 19 heavy (non-hydrogen) atoms. The standard InChI is InChI=1S/C15H17NO2S/c1-15(18)7-4-8-16(10-15)14(17)12-9-19-13-6-3-2-5-11(12)13/h2-3,5-6,9,18H,4,7-8,10H2,1H3. The summed E-state index contributed by atoms with van der Waals surface area (Å²) in [6.07, 6.45) is 1.63. The van der Waals surface area contributed by atoms with Crippen LogP contribution in [0.4, 0.5) is 0 Å². The van der Waals surface area contributed by atoms with Crippen LogP contribution >= 0.6 is 11.3 Å². The van der Waals surface area contributed by atoms with Crippen molar-refractivity contribution in [3.8, 4) is 0 Å². The molecule has 1 saturated heterocycles. The molecule has 1 aromatic carbocycles. The molecule has 100 valence electrons. The molecule has 1 fully saturated rings. The first kappa shape index (κ1) is 12.6. The highest BCUT2D eigenvalue weighted by Crippen LogP contribution is 2.28. The van der Waals surface area contributed by atoms with Gasteiger partial charge < -0.3 is 10.0 Å². The minimum absolute atomic E-state index is 0.0393. The van der Waals surface area contributed by atoms with Crippen molar-refractivity contribution in [1.82, 2.24) is 4.90 Å². The number of aliphatic hydroxyl groups is 1. The average Bonchev–Trinajstić information content (AvgIpc) is 2.80. The molecule has 2 heterocycles. The van der Waals surface area contributed by atoms with Crippen LogP contribution in [0, 0.1) is 0 Å². The fourth-order valence-corrected chi connectivity index (χ4v) is 3.64. The van der Waals surface area contributed by atoms with E-state index >= 15 is 0 Å². The number of thiophene rings is 1. The van der Waals surface area contributed by atoms with Gasteiger partial charge in [-0.2, -0.15) is 0 Å². The number of fused-ring (bicyclic) bond motifs is 1. The van der Waals surface area contributed by atoms with Crippen LogP contribution in [0.1, 0.15) is 30.1 Å². The Balaban J connectivity index is 1.91. The number of likely N-dealkylation sites (tertiary alicyclic amines) is 1. The van der Waals surface area contributed by atoms with Gasteiger partial charge in [0.15, 0.2) is 0 Å². The molecular formula is C15H17NO2S. The summed E-state index contributed by atoms with van der Waals surface area (Å²) in [5.41, 5.74) is 0.0121. The van der Waals surface area contributed by atoms with Gasteiger partial charge in [-0.3, -0.25) is 4.79 Å². The number of benzene rings is 1. The molecular weight excluding hydrogens is 258 g/mol. The van der Waals surface area contributed by atoms with Gasteiger partial charge in [-0.1, -0.05) is 18.2 Å². The minimum Gasteiger partial charge on any atom is -0.388 e. The quantitative estimate of drug-likeness (QED) is 0.869. The van der Waals surface area contributed by atoms with Crippen LogP contribution in [0.2, 0.25) is 0 Å². The number of hydrogen-bond acceptors (Lipinski definition) is 3. The Kier molecular flexibility index (Phi) is 3.07. The third kappa shape index (κ3) is 2.38. The second-order valence-corrected chi connectivity index (χ2v) is 6.38. The molecule has 1 aromatic heterocycles. The van der Waals surface area contributed by atoms with Gasteiger partial charge in [-0.05, 0) is 25.8 Å². The van der Waals surface area contributed by atoms with Crippen molar-refractivity contribution >= 4 is 27.3 Å². The van der Waals surface area contributed by atoms with E-state index in [1.165, 1.54) is 0 Å². The summed E-state index contributed by atoms with van der Waals surface area (Å²) < 4.78 is 1.13. The fraction of sp³-hybridized carbons (Fsp3) is 0.400. The molecule has 4 heteroatoms. The molecule has 1 aliphatic rings. The molecule has 1 atom stereocenters. The maximum absolute atomic E-state index is 12.6. The van der Waals surface area contributed by atoms with E-state index in [0.717, 1.165) is 35.0 Å². The second kappa shape index (κ2) is 4.62. The molecule has 1 unspecified atom stereocenters. The Morgan fingerprint density at radius 1 is 1.42 bits per heavy atom. The molecule has 1 N–H and O–H groups in total. The van der Waals surface area contributed by atoms with Crippen LogP contribution < -0.4 is 0 Å². The smallest absolute Gasteiger partial charge is 0.255 e. The van der Waals surface area contributed by atoms with E-state index in [0.29, 0.717) is 6.54 Å². The van der Waals surface area contributed by atoms with E-state index in [1.807, 2.05) is 29.6 Å². The van der Waals surface area contributed by atoms with Gasteiger partial charge in [0.25, 0.3) is 5.91 Å². The first-order valence-electron chi connectivity index (χ1n) is 6.55. The largest absolute Gasteiger partial charge is 0.388 e. The van der Waals surface area contributed by atoms with E-state index < -0.39 is 5.60 Å². The van der Waals surface area contributed by atoms with Crippen molar-refractivity contribution in [1.29, 1.82) is 0 Å². The lowest BCUT2D eigenvalue weighted by Crippen LogP contribution is -2.48. The van der Waals surface area contributed by atoms with Crippen LogP contribution in [0.15, 0.2) is 29.6 Å². The summed E-state index contributed by atoms with van der Waals surface area (Å²) in [6, 6.07) is 7.96. The maximum Gasteiger partial charge on any atom is 0.255 e. The van der Waals surface area contributed by atoms with Gasteiger partial charge >= 0.3 is 0 Å². The number of nitrogens with zero attached hydrogens (tertiary/aromatic N) is 1. The Morgan fingerprint density at radius 2 is 2.21 bits per heavy atom. The first-order chi connectivity index (χ1) is 9.07. The Morgan fingerprint density at radius 3 is 3.00 bits per heavy atom. The molecule has 1 amide bonds. The molecule has 2 aromatic rings. The second-order valence-electron chi connectivity index (χ2n) is 5.47. The monoisotopic (exact) mass is 275 g/mol. The van der Waals surface area contributed by atoms with E-state index in [1.54, 1.807) is 23.2 Å². The normalized spacial score (nSPS) is 23.8. The number of carbonyl (C=O) groups excluding carboxylic acids is 1. The topological polar surface area (TPSA) is 40.5 Å². The van der Waals surface area contributed by atoms with Crippen molar-refractivity contribution < 1.29 is 9.90 Å². The van der Waals surface area contributed by atoms with Crippen molar-refractivity contribution in [2.75, 3.05) is 13.1 Å². The van der Waals surface area contributed by atoms with E-state index in [4.69, 9.17) is 0 Å². The van der Waals surface area contributed by atoms with Gasteiger partial charge in [-0.15, -0.1) is 11.3 Å². The summed E-state index contributed by atoms with van der Waals surface area (Å²) in [5, 5.41) is 13.1. The summed E-state index contributed by atoms with van der Waals surface area (Å²) in [6.45, 7) is 2.97. The summed E-state index contributed by atoms with van der Waals surface area (Å²) in [7, 11) is 0. The zero-order valence-electron chi connectivity index (χ0n) is 10.9. The summed E-state index contributed by atoms with van der Waals surface area (Å²) in [4.78, 5) is 14.4. The molecule has 3 nitrogen and oxygen atoms in total. The van der Waals surface area contributed by atoms with E-state index in [2.05, 4.69) is 0 Å². The lowest BCUT2D eigenvalue weighted by Gasteiger charge is -2.36. The molecule has 0 aliphatic carbocycles. The Labute approximate surface area is 116 Å². The van der Waals surface area contributed by atoms with Crippen LogP contribution in [-0.4, -0.2) is 34.6 Å². The molecule has 0 bridgehead atoms. The molecule has 0 radical (unpaired) electrons. The Hall–Kier alpha value is -1.39. The van der Waals surface area contributed by atoms with Crippen molar-refractivity contribution in [2.24, 2.45) is 0 Å². The van der Waals surface area contributed by atoms with Gasteiger partial charge in [-0.25, -0.2) is 0 Å². The lowest BCUT2D eigenvalue weighted by atomic mass is 9.94. The van der Waals surface area contributed by atoms with Crippen molar-refractivity contribution in [2.45, 2.75) is 25.4 Å². The maximum atomic E-state index is 12.6. The molecule has 0 spiro atoms. The third-order valence-corrected chi connectivity index (χ3v) is 4.64. The Bertz CT molecular complexity index is 617. The fourth-order valence-electron chi connectivity index (χ4n) is 2.71. The minimum atomic E-state index is -0.750. The van der Waals surface area contributed by atoms with Crippen LogP contribution in [0.5, 0.6) is 0 Å². The summed E-state index contributed by atoms with van der Waals surface area (Å²) >= 11 is 1.60. The van der Waals surface area contributed by atoms with E-state index in [9.17, 15) is 9.90 Å². The van der Waals surface area contributed by atoms with Gasteiger partial charge in [0, 0.05) is 28.6 Å². The molecule has 1 aliphatic heterocycles. The first-order valence-corrected chi connectivity index (χ1v) is 7.43. The number of amides is 1. The third-order valence-electron chi connectivity index (χ3n) is 3.67. The van der Waals surface area contributed by atoms with E-state index in [-0.39, 0.29) is 5.91 Å². The average molecular weight is 275 g/mol. The van der Waals surface area contributed by atoms with Crippen molar-refractivity contribution in [3.63, 3.8) is 0 Å². The molecule has 0 saturated carbocycles. The van der Waals surface area contributed by atoms with Crippen LogP contribution in [-0.2, 0) is 0 Å². The number of hydrogen-bond donors (Lipinski definition) is 1.